The molecule has 2 heterocycles. The van der Waals surface area contributed by atoms with E-state index in [1.807, 2.05) is 45.3 Å². The highest BCUT2D eigenvalue weighted by Gasteiger charge is 2.19. The summed E-state index contributed by atoms with van der Waals surface area (Å²) < 4.78 is 27.2. The molecular formula is C18H20N2O2S2. The third-order valence-electron chi connectivity index (χ3n) is 4.30. The van der Waals surface area contributed by atoms with E-state index in [0.29, 0.717) is 9.90 Å². The van der Waals surface area contributed by atoms with Gasteiger partial charge in [0.25, 0.3) is 0 Å². The molecule has 0 fully saturated rings. The van der Waals surface area contributed by atoms with Crippen LogP contribution < -0.4 is 0 Å². The summed E-state index contributed by atoms with van der Waals surface area (Å²) in [6.45, 7) is 6.03. The molecule has 1 aromatic carbocycles. The second kappa shape index (κ2) is 6.18. The second-order valence-electron chi connectivity index (χ2n) is 6.04. The number of aryl methyl sites for hydroxylation is 2. The number of thiazole rings is 1. The summed E-state index contributed by atoms with van der Waals surface area (Å²) in [7, 11) is -1.35. The van der Waals surface area contributed by atoms with E-state index >= 15 is 0 Å². The fourth-order valence-electron chi connectivity index (χ4n) is 2.61. The molecule has 0 bridgehead atoms. The van der Waals surface area contributed by atoms with Crippen molar-refractivity contribution >= 4 is 21.2 Å². The van der Waals surface area contributed by atoms with Crippen molar-refractivity contribution in [2.75, 3.05) is 0 Å². The third kappa shape index (κ3) is 3.16. The van der Waals surface area contributed by atoms with Crippen molar-refractivity contribution in [1.82, 2.24) is 9.55 Å². The lowest BCUT2D eigenvalue weighted by Gasteiger charge is -2.03. The molecule has 24 heavy (non-hydrogen) atoms. The lowest BCUT2D eigenvalue weighted by molar-refractivity contribution is 0.595. The first-order valence-electron chi connectivity index (χ1n) is 7.65. The Balaban J connectivity index is 1.88. The van der Waals surface area contributed by atoms with E-state index in [1.165, 1.54) is 11.3 Å². The number of hydrogen-bond donors (Lipinski definition) is 0. The number of nitrogens with zero attached hydrogens (tertiary/aromatic N) is 2. The van der Waals surface area contributed by atoms with Crippen molar-refractivity contribution in [3.05, 3.63) is 57.7 Å². The van der Waals surface area contributed by atoms with Crippen LogP contribution in [0.3, 0.4) is 0 Å². The molecule has 2 aromatic heterocycles. The maximum absolute atomic E-state index is 12.5. The van der Waals surface area contributed by atoms with Crippen LogP contribution in [-0.2, 0) is 22.6 Å². The van der Waals surface area contributed by atoms with Crippen LogP contribution in [0.2, 0.25) is 0 Å². The third-order valence-corrected chi connectivity index (χ3v) is 6.97. The monoisotopic (exact) mass is 360 g/mol. The number of hydrogen-bond acceptors (Lipinski definition) is 4. The van der Waals surface area contributed by atoms with Crippen LogP contribution in [0.5, 0.6) is 0 Å². The molecule has 0 aliphatic rings. The predicted octanol–water partition coefficient (Wildman–Crippen LogP) is 4.05. The molecule has 0 aliphatic carbocycles. The summed E-state index contributed by atoms with van der Waals surface area (Å²) in [4.78, 5) is 4.89. The summed E-state index contributed by atoms with van der Waals surface area (Å²) in [6, 6.07) is 9.03. The zero-order valence-electron chi connectivity index (χ0n) is 14.2. The van der Waals surface area contributed by atoms with Gasteiger partial charge in [0.1, 0.15) is 10.8 Å². The van der Waals surface area contributed by atoms with Gasteiger partial charge in [-0.2, -0.15) is 0 Å². The van der Waals surface area contributed by atoms with E-state index in [1.54, 1.807) is 12.1 Å². The van der Waals surface area contributed by atoms with Crippen molar-refractivity contribution in [3.63, 3.8) is 0 Å². The average molecular weight is 361 g/mol. The molecule has 0 saturated carbocycles. The van der Waals surface area contributed by atoms with E-state index in [9.17, 15) is 8.42 Å². The first kappa shape index (κ1) is 16.9. The summed E-state index contributed by atoms with van der Waals surface area (Å²) in [5.41, 5.74) is 5.23. The predicted molar refractivity (Wildman–Crippen MR) is 98.1 cm³/mol. The van der Waals surface area contributed by atoms with Crippen LogP contribution >= 0.6 is 11.3 Å². The van der Waals surface area contributed by atoms with Crippen LogP contribution in [0.15, 0.2) is 40.6 Å². The molecule has 0 unspecified atom stereocenters. The molecule has 0 spiro atoms. The van der Waals surface area contributed by atoms with Gasteiger partial charge in [-0.3, -0.25) is 0 Å². The molecule has 0 radical (unpaired) electrons. The maximum Gasteiger partial charge on any atom is 0.184 e. The van der Waals surface area contributed by atoms with Crippen molar-refractivity contribution in [2.24, 2.45) is 7.05 Å². The molecule has 0 N–H and O–H groups in total. The lowest BCUT2D eigenvalue weighted by Crippen LogP contribution is -2.04. The lowest BCUT2D eigenvalue weighted by atomic mass is 10.2. The maximum atomic E-state index is 12.5. The molecule has 126 valence electrons. The molecule has 0 amide bonds. The zero-order valence-corrected chi connectivity index (χ0v) is 15.8. The highest BCUT2D eigenvalue weighted by molar-refractivity contribution is 7.90. The minimum absolute atomic E-state index is 0.0639. The van der Waals surface area contributed by atoms with Crippen LogP contribution in [0.4, 0.5) is 0 Å². The smallest absolute Gasteiger partial charge is 0.184 e. The Kier molecular flexibility index (Phi) is 4.36. The Labute approximate surface area is 146 Å². The van der Waals surface area contributed by atoms with Gasteiger partial charge in [-0.05, 0) is 39.0 Å². The zero-order chi connectivity index (χ0) is 17.5. The van der Waals surface area contributed by atoms with Crippen LogP contribution in [0, 0.1) is 20.8 Å². The van der Waals surface area contributed by atoms with Crippen molar-refractivity contribution in [2.45, 2.75) is 31.4 Å². The largest absolute Gasteiger partial charge is 0.351 e. The minimum atomic E-state index is -3.37. The Bertz CT molecular complexity index is 981. The van der Waals surface area contributed by atoms with Crippen molar-refractivity contribution < 1.29 is 8.42 Å². The quantitative estimate of drug-likeness (QED) is 0.705. The molecule has 0 atom stereocenters. The van der Waals surface area contributed by atoms with Gasteiger partial charge in [0.15, 0.2) is 9.84 Å². The first-order chi connectivity index (χ1) is 11.3. The van der Waals surface area contributed by atoms with E-state index in [2.05, 4.69) is 15.6 Å². The van der Waals surface area contributed by atoms with Gasteiger partial charge < -0.3 is 4.57 Å². The van der Waals surface area contributed by atoms with E-state index in [0.717, 1.165) is 28.2 Å². The van der Waals surface area contributed by atoms with Crippen molar-refractivity contribution in [3.8, 4) is 11.3 Å². The number of benzene rings is 1. The van der Waals surface area contributed by atoms with Gasteiger partial charge in [-0.15, -0.1) is 11.3 Å². The SMILES string of the molecule is Cc1ccc(S(=O)(=O)Cc2nc(-c3cc(C)n(C)c3C)cs2)cc1. The fourth-order valence-corrected chi connectivity index (χ4v) is 5.03. The van der Waals surface area contributed by atoms with Gasteiger partial charge >= 0.3 is 0 Å². The van der Waals surface area contributed by atoms with E-state index < -0.39 is 9.84 Å². The van der Waals surface area contributed by atoms with Crippen LogP contribution in [-0.4, -0.2) is 18.0 Å². The number of rotatable bonds is 4. The van der Waals surface area contributed by atoms with Crippen molar-refractivity contribution in [1.29, 1.82) is 0 Å². The van der Waals surface area contributed by atoms with Gasteiger partial charge in [0.2, 0.25) is 0 Å². The van der Waals surface area contributed by atoms with Gasteiger partial charge in [-0.25, -0.2) is 13.4 Å². The molecule has 0 aliphatic heterocycles. The van der Waals surface area contributed by atoms with Gasteiger partial charge in [-0.1, -0.05) is 17.7 Å². The Morgan fingerprint density at radius 1 is 1.12 bits per heavy atom. The molecule has 6 heteroatoms. The topological polar surface area (TPSA) is 52.0 Å². The van der Waals surface area contributed by atoms with Gasteiger partial charge in [0.05, 0.1) is 10.6 Å². The van der Waals surface area contributed by atoms with Gasteiger partial charge in [0, 0.05) is 29.4 Å². The van der Waals surface area contributed by atoms with Crippen LogP contribution in [0.25, 0.3) is 11.3 Å². The van der Waals surface area contributed by atoms with Crippen LogP contribution in [0.1, 0.15) is 22.0 Å². The molecular weight excluding hydrogens is 340 g/mol. The molecule has 3 rings (SSSR count). The van der Waals surface area contributed by atoms with E-state index in [4.69, 9.17) is 0 Å². The molecule has 4 nitrogen and oxygen atoms in total. The number of aromatic nitrogens is 2. The fraction of sp³-hybridized carbons (Fsp3) is 0.278. The summed E-state index contributed by atoms with van der Waals surface area (Å²) in [6.07, 6.45) is 0. The Hall–Kier alpha value is -1.92. The Morgan fingerprint density at radius 2 is 1.79 bits per heavy atom. The minimum Gasteiger partial charge on any atom is -0.351 e. The summed E-state index contributed by atoms with van der Waals surface area (Å²) in [5.74, 6) is -0.0639. The molecule has 0 saturated heterocycles. The first-order valence-corrected chi connectivity index (χ1v) is 10.2. The Morgan fingerprint density at radius 3 is 2.38 bits per heavy atom. The second-order valence-corrected chi connectivity index (χ2v) is 8.97. The average Bonchev–Trinajstić information content (AvgIpc) is 3.07. The summed E-state index contributed by atoms with van der Waals surface area (Å²) in [5, 5.41) is 2.55. The molecule has 3 aromatic rings. The standard InChI is InChI=1S/C18H20N2O2S2/c1-12-5-7-15(8-6-12)24(21,22)11-18-19-17(10-23-18)16-9-13(2)20(4)14(16)3/h5-10H,11H2,1-4H3. The summed E-state index contributed by atoms with van der Waals surface area (Å²) >= 11 is 1.39. The van der Waals surface area contributed by atoms with E-state index in [-0.39, 0.29) is 5.75 Å². The highest BCUT2D eigenvalue weighted by atomic mass is 32.2. The number of sulfone groups is 1. The normalized spacial score (nSPS) is 11.8. The highest BCUT2D eigenvalue weighted by Crippen LogP contribution is 2.29.